The zero-order valence-corrected chi connectivity index (χ0v) is 9.37. The lowest BCUT2D eigenvalue weighted by atomic mass is 10.1. The molecule has 0 fully saturated rings. The van der Waals surface area contributed by atoms with Crippen molar-refractivity contribution >= 4 is 28.3 Å². The van der Waals surface area contributed by atoms with Gasteiger partial charge in [0.05, 0.1) is 10.5 Å². The number of halogens is 4. The van der Waals surface area contributed by atoms with Crippen molar-refractivity contribution in [3.05, 3.63) is 39.4 Å². The van der Waals surface area contributed by atoms with E-state index in [-0.39, 0.29) is 5.56 Å². The van der Waals surface area contributed by atoms with Crippen LogP contribution in [0.15, 0.2) is 18.2 Å². The Bertz CT molecular complexity index is 392. The molecule has 1 aromatic rings. The topological polar surface area (TPSA) is 43.1 Å². The highest BCUT2D eigenvalue weighted by Crippen LogP contribution is 2.33. The summed E-state index contributed by atoms with van der Waals surface area (Å²) < 4.78 is 37.0. The Labute approximate surface area is 96.6 Å². The Kier molecular flexibility index (Phi) is 3.53. The molecule has 0 radical (unpaired) electrons. The smallest absolute Gasteiger partial charge is 0.258 e. The fourth-order valence-electron chi connectivity index (χ4n) is 1.02. The molecule has 0 bridgehead atoms. The zero-order valence-electron chi connectivity index (χ0n) is 7.21. The van der Waals surface area contributed by atoms with Gasteiger partial charge < -0.3 is 0 Å². The minimum Gasteiger partial charge on any atom is -0.258 e. The van der Waals surface area contributed by atoms with Gasteiger partial charge in [0.1, 0.15) is 0 Å². The van der Waals surface area contributed by atoms with Crippen LogP contribution in [0.1, 0.15) is 11.1 Å². The van der Waals surface area contributed by atoms with Crippen LogP contribution in [0.4, 0.5) is 18.9 Å². The second-order valence-electron chi connectivity index (χ2n) is 2.73. The maximum Gasteiger partial charge on any atom is 0.416 e. The highest BCUT2D eigenvalue weighted by Gasteiger charge is 2.32. The quantitative estimate of drug-likeness (QED) is 0.360. The van der Waals surface area contributed by atoms with Gasteiger partial charge in [-0.2, -0.15) is 13.2 Å². The number of alkyl halides is 4. The van der Waals surface area contributed by atoms with Gasteiger partial charge >= 0.3 is 6.18 Å². The Hall–Kier alpha value is -0.860. The predicted octanol–water partition coefficient (Wildman–Crippen LogP) is 3.55. The minimum atomic E-state index is -4.55. The van der Waals surface area contributed by atoms with Gasteiger partial charge in [-0.3, -0.25) is 10.1 Å². The van der Waals surface area contributed by atoms with Crippen molar-refractivity contribution in [2.24, 2.45) is 0 Å². The van der Waals surface area contributed by atoms with Gasteiger partial charge in [0.15, 0.2) is 0 Å². The fourth-order valence-corrected chi connectivity index (χ4v) is 1.67. The summed E-state index contributed by atoms with van der Waals surface area (Å²) >= 11 is 1.86. The highest BCUT2D eigenvalue weighted by atomic mass is 127. The Morgan fingerprint density at radius 2 is 2.00 bits per heavy atom. The number of nitrogens with zero attached hydrogens (tertiary/aromatic N) is 1. The number of benzene rings is 1. The van der Waals surface area contributed by atoms with Gasteiger partial charge in [0, 0.05) is 16.1 Å². The standard InChI is InChI=1S/C8H5F3INO2/c9-8(10,11)6-2-1-5(4-12)7(3-6)13(14)15/h1-3H,4H2. The second kappa shape index (κ2) is 4.33. The van der Waals surface area contributed by atoms with Crippen molar-refractivity contribution in [3.8, 4) is 0 Å². The summed E-state index contributed by atoms with van der Waals surface area (Å²) in [5.74, 6) is 0. The summed E-state index contributed by atoms with van der Waals surface area (Å²) in [7, 11) is 0. The van der Waals surface area contributed by atoms with Crippen molar-refractivity contribution in [1.82, 2.24) is 0 Å². The first-order valence-corrected chi connectivity index (χ1v) is 5.29. The maximum atomic E-state index is 12.2. The number of rotatable bonds is 2. The number of nitro groups is 1. The fraction of sp³-hybridized carbons (Fsp3) is 0.250. The van der Waals surface area contributed by atoms with E-state index < -0.39 is 22.4 Å². The van der Waals surface area contributed by atoms with Crippen molar-refractivity contribution < 1.29 is 18.1 Å². The second-order valence-corrected chi connectivity index (χ2v) is 3.49. The zero-order chi connectivity index (χ0) is 11.6. The van der Waals surface area contributed by atoms with Gasteiger partial charge in [-0.05, 0) is 6.07 Å². The molecule has 0 aliphatic carbocycles. The molecule has 1 rings (SSSR count). The van der Waals surface area contributed by atoms with E-state index in [9.17, 15) is 23.3 Å². The molecule has 0 aliphatic rings. The summed E-state index contributed by atoms with van der Waals surface area (Å²) in [6, 6.07) is 2.54. The van der Waals surface area contributed by atoms with Crippen LogP contribution in [-0.4, -0.2) is 4.92 Å². The molecule has 0 saturated heterocycles. The first-order valence-electron chi connectivity index (χ1n) is 3.76. The van der Waals surface area contributed by atoms with Crippen LogP contribution in [0.2, 0.25) is 0 Å². The van der Waals surface area contributed by atoms with E-state index >= 15 is 0 Å². The summed E-state index contributed by atoms with van der Waals surface area (Å²) in [4.78, 5) is 9.69. The lowest BCUT2D eigenvalue weighted by molar-refractivity contribution is -0.385. The third-order valence-corrected chi connectivity index (χ3v) is 2.58. The van der Waals surface area contributed by atoms with E-state index in [1.54, 1.807) is 0 Å². The van der Waals surface area contributed by atoms with Crippen LogP contribution in [0, 0.1) is 10.1 Å². The molecule has 3 nitrogen and oxygen atoms in total. The van der Waals surface area contributed by atoms with E-state index in [4.69, 9.17) is 0 Å². The summed E-state index contributed by atoms with van der Waals surface area (Å²) in [6.07, 6.45) is -4.55. The Morgan fingerprint density at radius 1 is 1.40 bits per heavy atom. The van der Waals surface area contributed by atoms with Gasteiger partial charge in [-0.25, -0.2) is 0 Å². The van der Waals surface area contributed by atoms with E-state index in [0.29, 0.717) is 10.5 Å². The molecule has 0 N–H and O–H groups in total. The van der Waals surface area contributed by atoms with Crippen LogP contribution < -0.4 is 0 Å². The lowest BCUT2D eigenvalue weighted by Gasteiger charge is -2.07. The molecule has 0 atom stereocenters. The number of nitro benzene ring substituents is 1. The van der Waals surface area contributed by atoms with Gasteiger partial charge in [-0.1, -0.05) is 28.7 Å². The number of hydrogen-bond donors (Lipinski definition) is 0. The van der Waals surface area contributed by atoms with E-state index in [1.807, 2.05) is 22.6 Å². The van der Waals surface area contributed by atoms with Gasteiger partial charge in [0.25, 0.3) is 5.69 Å². The Balaban J connectivity index is 3.28. The first-order chi connectivity index (χ1) is 6.86. The molecule has 15 heavy (non-hydrogen) atoms. The average molecular weight is 331 g/mol. The molecule has 0 saturated carbocycles. The predicted molar refractivity (Wildman–Crippen MR) is 55.8 cm³/mol. The van der Waals surface area contributed by atoms with Crippen molar-refractivity contribution in [2.75, 3.05) is 0 Å². The molecule has 0 spiro atoms. The van der Waals surface area contributed by atoms with Gasteiger partial charge in [-0.15, -0.1) is 0 Å². The molecule has 0 aromatic heterocycles. The van der Waals surface area contributed by atoms with Crippen LogP contribution >= 0.6 is 22.6 Å². The SMILES string of the molecule is O=[N+]([O-])c1cc(C(F)(F)F)ccc1CI. The normalized spacial score (nSPS) is 11.5. The summed E-state index contributed by atoms with van der Waals surface area (Å²) in [5.41, 5.74) is -1.20. The highest BCUT2D eigenvalue weighted by molar-refractivity contribution is 14.1. The molecule has 0 aliphatic heterocycles. The molecule has 7 heteroatoms. The summed E-state index contributed by atoms with van der Waals surface area (Å²) in [5, 5.41) is 10.5. The number of hydrogen-bond acceptors (Lipinski definition) is 2. The molecular formula is C8H5F3INO2. The van der Waals surface area contributed by atoms with Crippen LogP contribution in [0.5, 0.6) is 0 Å². The minimum absolute atomic E-state index is 0.286. The van der Waals surface area contributed by atoms with Crippen LogP contribution in [-0.2, 0) is 10.6 Å². The van der Waals surface area contributed by atoms with E-state index in [2.05, 4.69) is 0 Å². The maximum absolute atomic E-state index is 12.2. The first kappa shape index (κ1) is 12.2. The summed E-state index contributed by atoms with van der Waals surface area (Å²) in [6.45, 7) is 0. The molecular weight excluding hydrogens is 326 g/mol. The molecule has 0 amide bonds. The van der Waals surface area contributed by atoms with Crippen molar-refractivity contribution in [3.63, 3.8) is 0 Å². The lowest BCUT2D eigenvalue weighted by Crippen LogP contribution is -2.06. The molecule has 82 valence electrons. The third-order valence-electron chi connectivity index (χ3n) is 1.75. The van der Waals surface area contributed by atoms with Crippen LogP contribution in [0.3, 0.4) is 0 Å². The largest absolute Gasteiger partial charge is 0.416 e. The monoisotopic (exact) mass is 331 g/mol. The van der Waals surface area contributed by atoms with E-state index in [1.165, 1.54) is 0 Å². The average Bonchev–Trinajstić information content (AvgIpc) is 2.15. The van der Waals surface area contributed by atoms with Crippen molar-refractivity contribution in [2.45, 2.75) is 10.6 Å². The Morgan fingerprint density at radius 3 is 2.40 bits per heavy atom. The van der Waals surface area contributed by atoms with Crippen molar-refractivity contribution in [1.29, 1.82) is 0 Å². The third kappa shape index (κ3) is 2.80. The molecule has 1 aromatic carbocycles. The van der Waals surface area contributed by atoms with Gasteiger partial charge in [0.2, 0.25) is 0 Å². The van der Waals surface area contributed by atoms with E-state index in [0.717, 1.165) is 12.1 Å². The molecule has 0 heterocycles. The molecule has 0 unspecified atom stereocenters. The van der Waals surface area contributed by atoms with Crippen LogP contribution in [0.25, 0.3) is 0 Å².